The van der Waals surface area contributed by atoms with E-state index in [9.17, 15) is 26.3 Å². The summed E-state index contributed by atoms with van der Waals surface area (Å²) in [7, 11) is 3.36. The summed E-state index contributed by atoms with van der Waals surface area (Å²) in [5, 5.41) is 17.7. The molecular weight excluding hydrogens is 626 g/mol. The van der Waals surface area contributed by atoms with Crippen LogP contribution in [-0.4, -0.2) is 95.4 Å². The number of carboxylic acid groups (broad SMARTS) is 2. The number of halogens is 6. The average Bonchev–Trinajstić information content (AvgIpc) is 3.39. The second-order valence-electron chi connectivity index (χ2n) is 12.2. The second-order valence-corrected chi connectivity index (χ2v) is 12.2. The lowest BCUT2D eigenvalue weighted by molar-refractivity contribution is -0.193. The third kappa shape index (κ3) is 8.43. The lowest BCUT2D eigenvalue weighted by Crippen LogP contribution is -2.65. The minimum absolute atomic E-state index is 0.689. The van der Waals surface area contributed by atoms with Gasteiger partial charge >= 0.3 is 24.3 Å². The molecule has 3 fully saturated rings. The lowest BCUT2D eigenvalue weighted by atomic mass is 9.61. The highest BCUT2D eigenvalue weighted by Crippen LogP contribution is 2.47. The van der Waals surface area contributed by atoms with Crippen molar-refractivity contribution in [3.05, 3.63) is 30.2 Å². The van der Waals surface area contributed by atoms with Crippen LogP contribution in [0, 0.1) is 17.3 Å². The van der Waals surface area contributed by atoms with Crippen LogP contribution in [0.25, 0.3) is 11.3 Å². The number of nitrogens with one attached hydrogen (secondary N) is 1. The molecule has 2 saturated heterocycles. The molecule has 1 saturated carbocycles. The Morgan fingerprint density at radius 1 is 0.913 bits per heavy atom. The van der Waals surface area contributed by atoms with E-state index in [2.05, 4.69) is 27.0 Å². The molecular formula is C30H38F6N4O6. The number of aliphatic carboxylic acids is 2. The maximum absolute atomic E-state index is 10.6. The van der Waals surface area contributed by atoms with E-state index in [4.69, 9.17) is 34.3 Å². The molecule has 46 heavy (non-hydrogen) atoms. The van der Waals surface area contributed by atoms with Crippen LogP contribution >= 0.6 is 0 Å². The molecule has 10 nitrogen and oxygen atoms in total. The zero-order valence-corrected chi connectivity index (χ0v) is 25.5. The van der Waals surface area contributed by atoms with Crippen molar-refractivity contribution in [2.24, 2.45) is 17.3 Å². The number of methoxy groups -OCH3 is 2. The third-order valence-corrected chi connectivity index (χ3v) is 9.29. The SMILES string of the molecule is COc1ccc(-c2cn3c(n2)CCC(C2CCN(C4CC5(CNC5)C4)CC2)C3)cc1OC.O=C(O)C(F)(F)F.O=C(O)C(F)(F)F. The summed E-state index contributed by atoms with van der Waals surface area (Å²) in [5.41, 5.74) is 2.82. The van der Waals surface area contributed by atoms with Gasteiger partial charge in [0.25, 0.3) is 0 Å². The van der Waals surface area contributed by atoms with E-state index in [1.54, 1.807) is 14.2 Å². The summed E-state index contributed by atoms with van der Waals surface area (Å²) >= 11 is 0. The van der Waals surface area contributed by atoms with Gasteiger partial charge in [0, 0.05) is 43.9 Å². The zero-order valence-electron chi connectivity index (χ0n) is 25.5. The Bertz CT molecular complexity index is 1340. The van der Waals surface area contributed by atoms with Gasteiger partial charge < -0.3 is 34.5 Å². The summed E-state index contributed by atoms with van der Waals surface area (Å²) in [6.07, 6.45) is 0.0781. The molecule has 6 rings (SSSR count). The highest BCUT2D eigenvalue weighted by Gasteiger charge is 2.50. The molecule has 1 unspecified atom stereocenters. The summed E-state index contributed by atoms with van der Waals surface area (Å²) in [6.45, 7) is 6.27. The number of likely N-dealkylation sites (tertiary alicyclic amines) is 1. The molecule has 3 aliphatic heterocycles. The Balaban J connectivity index is 0.000000289. The minimum Gasteiger partial charge on any atom is -0.493 e. The fourth-order valence-electron chi connectivity index (χ4n) is 6.71. The zero-order chi connectivity index (χ0) is 33.9. The summed E-state index contributed by atoms with van der Waals surface area (Å²) < 4.78 is 76.8. The van der Waals surface area contributed by atoms with Crippen molar-refractivity contribution in [1.29, 1.82) is 0 Å². The number of ether oxygens (including phenoxy) is 2. The maximum Gasteiger partial charge on any atom is 0.490 e. The molecule has 0 amide bonds. The quantitative estimate of drug-likeness (QED) is 0.385. The number of hydrogen-bond donors (Lipinski definition) is 3. The van der Waals surface area contributed by atoms with Crippen molar-refractivity contribution in [3.63, 3.8) is 0 Å². The van der Waals surface area contributed by atoms with Gasteiger partial charge in [0.1, 0.15) is 5.82 Å². The Labute approximate surface area is 261 Å². The fourth-order valence-corrected chi connectivity index (χ4v) is 6.71. The number of piperidine rings is 1. The number of imidazole rings is 1. The van der Waals surface area contributed by atoms with E-state index >= 15 is 0 Å². The number of carbonyl (C=O) groups is 2. The van der Waals surface area contributed by atoms with Gasteiger partial charge in [-0.1, -0.05) is 0 Å². The molecule has 1 aliphatic carbocycles. The first kappa shape index (κ1) is 35.3. The van der Waals surface area contributed by atoms with Crippen molar-refractivity contribution in [3.8, 4) is 22.8 Å². The second kappa shape index (κ2) is 14.1. The molecule has 0 radical (unpaired) electrons. The molecule has 1 atom stereocenters. The van der Waals surface area contributed by atoms with Crippen LogP contribution in [0.15, 0.2) is 24.4 Å². The van der Waals surface area contributed by atoms with Gasteiger partial charge in [-0.05, 0) is 80.6 Å². The van der Waals surface area contributed by atoms with E-state index in [-0.39, 0.29) is 0 Å². The van der Waals surface area contributed by atoms with Gasteiger partial charge in [0.2, 0.25) is 0 Å². The Morgan fingerprint density at radius 2 is 1.48 bits per heavy atom. The largest absolute Gasteiger partial charge is 0.493 e. The number of nitrogens with zero attached hydrogens (tertiary/aromatic N) is 3. The van der Waals surface area contributed by atoms with Crippen molar-refractivity contribution in [1.82, 2.24) is 19.8 Å². The number of carboxylic acids is 2. The molecule has 1 aromatic carbocycles. The minimum atomic E-state index is -5.08. The van der Waals surface area contributed by atoms with Crippen LogP contribution in [0.3, 0.4) is 0 Å². The molecule has 256 valence electrons. The van der Waals surface area contributed by atoms with Gasteiger partial charge in [-0.3, -0.25) is 0 Å². The molecule has 3 N–H and O–H groups in total. The smallest absolute Gasteiger partial charge is 0.490 e. The van der Waals surface area contributed by atoms with Gasteiger partial charge in [-0.15, -0.1) is 0 Å². The van der Waals surface area contributed by atoms with Crippen LogP contribution in [0.2, 0.25) is 0 Å². The van der Waals surface area contributed by atoms with Crippen molar-refractivity contribution >= 4 is 11.9 Å². The maximum atomic E-state index is 10.6. The standard InChI is InChI=1S/C26H36N4O2.2C2HF3O2/c1-31-23-5-3-19(11-24(23)32-2)22-15-30-14-20(4-6-25(30)28-22)18-7-9-29(10-8-18)21-12-26(13-21)16-27-17-26;2*3-2(4,5)1(6)7/h3,5,11,15,18,20-21,27H,4,6-10,12-14,16-17H2,1-2H3;2*(H,6,7). The summed E-state index contributed by atoms with van der Waals surface area (Å²) in [6, 6.07) is 6.94. The van der Waals surface area contributed by atoms with Crippen LogP contribution in [0.1, 0.15) is 37.9 Å². The molecule has 1 aromatic heterocycles. The summed E-state index contributed by atoms with van der Waals surface area (Å²) in [5.74, 6) is -1.11. The molecule has 4 heterocycles. The fraction of sp³-hybridized carbons (Fsp3) is 0.633. The highest BCUT2D eigenvalue weighted by atomic mass is 19.4. The van der Waals surface area contributed by atoms with Gasteiger partial charge in [-0.25, -0.2) is 14.6 Å². The lowest BCUT2D eigenvalue weighted by Gasteiger charge is -2.58. The van der Waals surface area contributed by atoms with E-state index in [1.165, 1.54) is 64.1 Å². The normalized spacial score (nSPS) is 21.3. The Hall–Kier alpha value is -3.53. The Kier molecular flexibility index (Phi) is 10.8. The van der Waals surface area contributed by atoms with E-state index in [0.717, 1.165) is 53.6 Å². The number of aromatic nitrogens is 2. The number of fused-ring (bicyclic) bond motifs is 1. The van der Waals surface area contributed by atoms with E-state index in [0.29, 0.717) is 5.41 Å². The monoisotopic (exact) mass is 664 g/mol. The Morgan fingerprint density at radius 3 is 1.96 bits per heavy atom. The highest BCUT2D eigenvalue weighted by molar-refractivity contribution is 5.73. The van der Waals surface area contributed by atoms with Crippen molar-refractivity contribution in [2.75, 3.05) is 40.4 Å². The third-order valence-electron chi connectivity index (χ3n) is 9.29. The van der Waals surface area contributed by atoms with E-state index < -0.39 is 24.3 Å². The van der Waals surface area contributed by atoms with Gasteiger partial charge in [0.15, 0.2) is 11.5 Å². The van der Waals surface area contributed by atoms with Crippen molar-refractivity contribution < 1.29 is 55.6 Å². The van der Waals surface area contributed by atoms with Crippen LogP contribution in [0.4, 0.5) is 26.3 Å². The number of hydrogen-bond acceptors (Lipinski definition) is 7. The molecule has 16 heteroatoms. The number of aryl methyl sites for hydroxylation is 1. The number of alkyl halides is 6. The first-order valence-electron chi connectivity index (χ1n) is 14.9. The van der Waals surface area contributed by atoms with Gasteiger partial charge in [-0.2, -0.15) is 26.3 Å². The first-order chi connectivity index (χ1) is 21.5. The first-order valence-corrected chi connectivity index (χ1v) is 14.9. The average molecular weight is 665 g/mol. The number of benzene rings is 1. The van der Waals surface area contributed by atoms with Gasteiger partial charge in [0.05, 0.1) is 19.9 Å². The molecule has 4 aliphatic rings. The van der Waals surface area contributed by atoms with Crippen molar-refractivity contribution in [2.45, 2.75) is 63.5 Å². The van der Waals surface area contributed by atoms with Crippen LogP contribution < -0.4 is 14.8 Å². The van der Waals surface area contributed by atoms with Crippen LogP contribution in [0.5, 0.6) is 11.5 Å². The van der Waals surface area contributed by atoms with E-state index in [1.807, 2.05) is 12.1 Å². The predicted molar refractivity (Wildman–Crippen MR) is 153 cm³/mol. The molecule has 1 spiro atoms. The molecule has 2 aromatic rings. The topological polar surface area (TPSA) is 126 Å². The molecule has 0 bridgehead atoms. The predicted octanol–water partition coefficient (Wildman–Crippen LogP) is 4.86. The number of rotatable bonds is 5. The van der Waals surface area contributed by atoms with Crippen LogP contribution in [-0.2, 0) is 22.6 Å². The summed E-state index contributed by atoms with van der Waals surface area (Å²) in [4.78, 5) is 25.6.